The van der Waals surface area contributed by atoms with Crippen molar-refractivity contribution in [3.63, 3.8) is 0 Å². The van der Waals surface area contributed by atoms with Gasteiger partial charge in [0.05, 0.1) is 30.7 Å². The number of epoxide rings is 1. The Kier molecular flexibility index (Phi) is 4.33. The number of hydrogen-bond acceptors (Lipinski definition) is 5. The van der Waals surface area contributed by atoms with Crippen molar-refractivity contribution in [2.24, 2.45) is 0 Å². The molecule has 0 saturated carbocycles. The number of benzene rings is 1. The summed E-state index contributed by atoms with van der Waals surface area (Å²) >= 11 is 0. The number of rotatable bonds is 7. The van der Waals surface area contributed by atoms with E-state index in [9.17, 15) is 0 Å². The predicted molar refractivity (Wildman–Crippen MR) is 78.4 cm³/mol. The Hall–Kier alpha value is -2.11. The van der Waals surface area contributed by atoms with Gasteiger partial charge in [0.2, 0.25) is 0 Å². The zero-order valence-corrected chi connectivity index (χ0v) is 11.8. The second-order valence-corrected chi connectivity index (χ2v) is 4.72. The Balaban J connectivity index is 1.61. The first-order chi connectivity index (χ1) is 10.4. The van der Waals surface area contributed by atoms with Gasteiger partial charge in [-0.25, -0.2) is 0 Å². The van der Waals surface area contributed by atoms with Gasteiger partial charge in [0.15, 0.2) is 5.75 Å². The van der Waals surface area contributed by atoms with Crippen molar-refractivity contribution in [1.82, 2.24) is 4.98 Å². The summed E-state index contributed by atoms with van der Waals surface area (Å²) in [6.45, 7) is 1.26. The number of hydrogen-bond donors (Lipinski definition) is 0. The normalized spacial score (nSPS) is 17.3. The lowest BCUT2D eigenvalue weighted by atomic mass is 10.2. The third kappa shape index (κ3) is 3.71. The minimum atomic E-state index is 0.389. The van der Waals surface area contributed by atoms with Crippen molar-refractivity contribution >= 4 is 10.9 Å². The average Bonchev–Trinajstić information content (AvgIpc) is 3.34. The Bertz CT molecular complexity index is 637. The summed E-state index contributed by atoms with van der Waals surface area (Å²) in [6, 6.07) is 7.39. The van der Waals surface area contributed by atoms with Crippen LogP contribution in [0.1, 0.15) is 6.42 Å². The molecule has 1 saturated heterocycles. The molecule has 1 atom stereocenters. The van der Waals surface area contributed by atoms with E-state index in [1.165, 1.54) is 0 Å². The molecule has 5 heteroatoms. The van der Waals surface area contributed by atoms with E-state index in [2.05, 4.69) is 4.98 Å². The number of methoxy groups -OCH3 is 1. The second-order valence-electron chi connectivity index (χ2n) is 4.72. The molecule has 2 heterocycles. The molecule has 110 valence electrons. The Labute approximate surface area is 123 Å². The molecule has 5 nitrogen and oxygen atoms in total. The highest BCUT2D eigenvalue weighted by atomic mass is 17.2. The van der Waals surface area contributed by atoms with Crippen LogP contribution in [0.2, 0.25) is 0 Å². The molecule has 1 aliphatic rings. The van der Waals surface area contributed by atoms with Gasteiger partial charge >= 0.3 is 0 Å². The first-order valence-corrected chi connectivity index (χ1v) is 6.85. The monoisotopic (exact) mass is 287 g/mol. The largest absolute Gasteiger partial charge is 0.497 e. The van der Waals surface area contributed by atoms with E-state index in [0.717, 1.165) is 29.7 Å². The van der Waals surface area contributed by atoms with Crippen LogP contribution in [0.3, 0.4) is 0 Å². The van der Waals surface area contributed by atoms with E-state index in [-0.39, 0.29) is 0 Å². The lowest BCUT2D eigenvalue weighted by molar-refractivity contribution is -0.194. The average molecular weight is 287 g/mol. The van der Waals surface area contributed by atoms with Crippen LogP contribution in [0, 0.1) is 0 Å². The van der Waals surface area contributed by atoms with E-state index >= 15 is 0 Å². The molecule has 1 aliphatic heterocycles. The number of fused-ring (bicyclic) bond motifs is 1. The third-order valence-electron chi connectivity index (χ3n) is 3.19. The SMILES string of the molecule is COc1ccc2nccc(OOC/C=C/C[C@@H]3CO3)c2c1. The van der Waals surface area contributed by atoms with E-state index in [4.69, 9.17) is 19.2 Å². The fraction of sp³-hybridized carbons (Fsp3) is 0.312. The highest BCUT2D eigenvalue weighted by Gasteiger charge is 2.19. The van der Waals surface area contributed by atoms with Crippen molar-refractivity contribution in [1.29, 1.82) is 0 Å². The minimum absolute atomic E-state index is 0.389. The van der Waals surface area contributed by atoms with Crippen molar-refractivity contribution < 1.29 is 19.2 Å². The molecule has 0 unspecified atom stereocenters. The maximum atomic E-state index is 5.36. The van der Waals surface area contributed by atoms with Gasteiger partial charge in [0.25, 0.3) is 0 Å². The van der Waals surface area contributed by atoms with Crippen molar-refractivity contribution in [3.8, 4) is 11.5 Å². The minimum Gasteiger partial charge on any atom is -0.497 e. The molecular weight excluding hydrogens is 270 g/mol. The number of pyridine rings is 1. The van der Waals surface area contributed by atoms with E-state index in [1.54, 1.807) is 19.4 Å². The smallest absolute Gasteiger partial charge is 0.176 e. The molecule has 0 N–H and O–H groups in total. The van der Waals surface area contributed by atoms with Crippen molar-refractivity contribution in [3.05, 3.63) is 42.6 Å². The maximum absolute atomic E-state index is 5.36. The fourth-order valence-electron chi connectivity index (χ4n) is 1.96. The summed E-state index contributed by atoms with van der Waals surface area (Å²) in [4.78, 5) is 14.9. The Morgan fingerprint density at radius 2 is 2.24 bits per heavy atom. The summed E-state index contributed by atoms with van der Waals surface area (Å²) < 4.78 is 10.3. The van der Waals surface area contributed by atoms with Gasteiger partial charge < -0.3 is 14.4 Å². The molecular formula is C16H17NO4. The van der Waals surface area contributed by atoms with Gasteiger partial charge in [-0.2, -0.15) is 4.89 Å². The highest BCUT2D eigenvalue weighted by Crippen LogP contribution is 2.27. The molecule has 1 aromatic heterocycles. The van der Waals surface area contributed by atoms with Gasteiger partial charge in [-0.05, 0) is 24.6 Å². The maximum Gasteiger partial charge on any atom is 0.176 e. The van der Waals surface area contributed by atoms with Crippen LogP contribution in [-0.4, -0.2) is 31.4 Å². The van der Waals surface area contributed by atoms with Gasteiger partial charge in [-0.3, -0.25) is 4.98 Å². The van der Waals surface area contributed by atoms with Crippen molar-refractivity contribution in [2.75, 3.05) is 20.3 Å². The van der Waals surface area contributed by atoms with Crippen LogP contribution >= 0.6 is 0 Å². The zero-order chi connectivity index (χ0) is 14.5. The Morgan fingerprint density at radius 1 is 1.33 bits per heavy atom. The Morgan fingerprint density at radius 3 is 3.05 bits per heavy atom. The highest BCUT2D eigenvalue weighted by molar-refractivity contribution is 5.86. The summed E-state index contributed by atoms with van der Waals surface area (Å²) in [7, 11) is 1.63. The van der Waals surface area contributed by atoms with Crippen LogP contribution < -0.4 is 9.62 Å². The van der Waals surface area contributed by atoms with Crippen LogP contribution in [0.5, 0.6) is 11.5 Å². The number of ether oxygens (including phenoxy) is 2. The molecule has 2 aromatic rings. The summed E-state index contributed by atoms with van der Waals surface area (Å²) in [6.07, 6.45) is 6.98. The van der Waals surface area contributed by atoms with Crippen LogP contribution in [0.4, 0.5) is 0 Å². The van der Waals surface area contributed by atoms with Gasteiger partial charge in [0.1, 0.15) is 12.4 Å². The summed E-state index contributed by atoms with van der Waals surface area (Å²) in [5.41, 5.74) is 0.832. The fourth-order valence-corrected chi connectivity index (χ4v) is 1.96. The molecule has 0 radical (unpaired) electrons. The van der Waals surface area contributed by atoms with E-state index in [0.29, 0.717) is 18.5 Å². The standard InChI is InChI=1S/C16H17NO4/c1-18-12-5-6-15-14(10-12)16(7-8-17-15)21-20-9-3-2-4-13-11-19-13/h2-3,5-8,10,13H,4,9,11H2,1H3/b3-2+/t13-/m1/s1. The summed E-state index contributed by atoms with van der Waals surface area (Å²) in [5, 5.41) is 0.854. The number of nitrogens with zero attached hydrogens (tertiary/aromatic N) is 1. The van der Waals surface area contributed by atoms with E-state index in [1.807, 2.05) is 30.4 Å². The van der Waals surface area contributed by atoms with Crippen LogP contribution in [0.25, 0.3) is 10.9 Å². The lowest BCUT2D eigenvalue weighted by Gasteiger charge is -2.07. The summed E-state index contributed by atoms with van der Waals surface area (Å²) in [5.74, 6) is 1.38. The van der Waals surface area contributed by atoms with Crippen LogP contribution in [-0.2, 0) is 9.62 Å². The number of aromatic nitrogens is 1. The van der Waals surface area contributed by atoms with Gasteiger partial charge in [-0.1, -0.05) is 12.2 Å². The first-order valence-electron chi connectivity index (χ1n) is 6.85. The molecule has 0 spiro atoms. The molecule has 0 aliphatic carbocycles. The topological polar surface area (TPSA) is 53.1 Å². The van der Waals surface area contributed by atoms with Gasteiger partial charge in [-0.15, -0.1) is 0 Å². The molecule has 3 rings (SSSR count). The quantitative estimate of drug-likeness (QED) is 0.258. The second kappa shape index (κ2) is 6.56. The predicted octanol–water partition coefficient (Wildman–Crippen LogP) is 2.90. The molecule has 1 aromatic carbocycles. The van der Waals surface area contributed by atoms with Crippen molar-refractivity contribution in [2.45, 2.75) is 12.5 Å². The molecule has 21 heavy (non-hydrogen) atoms. The zero-order valence-electron chi connectivity index (χ0n) is 11.8. The molecule has 0 bridgehead atoms. The third-order valence-corrected chi connectivity index (χ3v) is 3.19. The molecule has 0 amide bonds. The van der Waals surface area contributed by atoms with Gasteiger partial charge in [0, 0.05) is 12.3 Å². The van der Waals surface area contributed by atoms with Crippen LogP contribution in [0.15, 0.2) is 42.6 Å². The van der Waals surface area contributed by atoms with E-state index < -0.39 is 0 Å². The first kappa shape index (κ1) is 13.9. The lowest BCUT2D eigenvalue weighted by Crippen LogP contribution is -1.98. The molecule has 1 fully saturated rings.